The van der Waals surface area contributed by atoms with Crippen LogP contribution in [0.2, 0.25) is 0 Å². The van der Waals surface area contributed by atoms with Crippen LogP contribution in [0.4, 0.5) is 0 Å². The van der Waals surface area contributed by atoms with Crippen LogP contribution in [-0.2, 0) is 23.1 Å². The summed E-state index contributed by atoms with van der Waals surface area (Å²) >= 11 is 0. The van der Waals surface area contributed by atoms with Gasteiger partial charge in [0.1, 0.15) is 25.0 Å². The Hall–Kier alpha value is -0.340. The van der Waals surface area contributed by atoms with Crippen LogP contribution in [0.15, 0.2) is 0 Å². The Kier molecular flexibility index (Phi) is 36.4. The molecule has 8 nitrogen and oxygen atoms in total. The lowest BCUT2D eigenvalue weighted by molar-refractivity contribution is -0.870. The van der Waals surface area contributed by atoms with E-state index in [1.54, 1.807) is 6.92 Å². The van der Waals surface area contributed by atoms with Gasteiger partial charge < -0.3 is 33.3 Å². The van der Waals surface area contributed by atoms with E-state index >= 15 is 0 Å². The van der Waals surface area contributed by atoms with E-state index in [0.717, 1.165) is 38.6 Å². The number of unbranched alkanes of at least 4 members (excludes halogenated alkanes) is 26. The van der Waals surface area contributed by atoms with Crippen molar-refractivity contribution in [2.45, 2.75) is 206 Å². The Bertz CT molecular complexity index is 794. The Morgan fingerprint density at radius 3 is 1.47 bits per heavy atom. The number of carbonyl (C=O) groups excluding carboxylic acids is 1. The van der Waals surface area contributed by atoms with Crippen molar-refractivity contribution in [3.63, 3.8) is 0 Å². The fourth-order valence-corrected chi connectivity index (χ4v) is 7.25. The molecule has 306 valence electrons. The van der Waals surface area contributed by atoms with E-state index in [-0.39, 0.29) is 13.2 Å². The zero-order chi connectivity index (χ0) is 37.7. The number of ketones is 1. The molecule has 0 radical (unpaired) electrons. The first-order chi connectivity index (χ1) is 24.6. The third-order valence-corrected chi connectivity index (χ3v) is 10.8. The summed E-state index contributed by atoms with van der Waals surface area (Å²) in [6, 6.07) is 0. The lowest BCUT2D eigenvalue weighted by Crippen LogP contribution is -2.38. The molecule has 0 spiro atoms. The van der Waals surface area contributed by atoms with Crippen molar-refractivity contribution >= 4 is 13.6 Å². The highest BCUT2D eigenvalue weighted by Gasteiger charge is 2.20. The molecule has 0 aromatic heterocycles. The minimum Gasteiger partial charge on any atom is -0.756 e. The van der Waals surface area contributed by atoms with Crippen molar-refractivity contribution in [1.29, 1.82) is 0 Å². The van der Waals surface area contributed by atoms with E-state index in [9.17, 15) is 14.3 Å². The first-order valence-electron chi connectivity index (χ1n) is 21.8. The van der Waals surface area contributed by atoms with Gasteiger partial charge in [-0.2, -0.15) is 0 Å². The van der Waals surface area contributed by atoms with Gasteiger partial charge in [0.05, 0.1) is 27.7 Å². The molecule has 0 heterocycles. The second-order valence-corrected chi connectivity index (χ2v) is 17.7. The summed E-state index contributed by atoms with van der Waals surface area (Å²) in [5.74, 6) is 0.319. The van der Waals surface area contributed by atoms with Crippen LogP contribution >= 0.6 is 7.82 Å². The molecule has 0 amide bonds. The number of likely N-dealkylation sites (N-methyl/N-ethyl adjacent to an activating group) is 1. The number of Topliss-reactive ketones (excluding diaryl/α,β-unsaturated/α-hetero) is 1. The quantitative estimate of drug-likeness (QED) is 0.0377. The average molecular weight is 747 g/mol. The van der Waals surface area contributed by atoms with Crippen LogP contribution in [0.3, 0.4) is 0 Å². The number of hydrogen-bond donors (Lipinski definition) is 1. The lowest BCUT2D eigenvalue weighted by atomic mass is 10.0. The van der Waals surface area contributed by atoms with Gasteiger partial charge in [0.25, 0.3) is 7.82 Å². The van der Waals surface area contributed by atoms with Gasteiger partial charge in [-0.15, -0.1) is 0 Å². The Morgan fingerprint density at radius 1 is 0.627 bits per heavy atom. The predicted octanol–water partition coefficient (Wildman–Crippen LogP) is 11.1. The van der Waals surface area contributed by atoms with Crippen LogP contribution < -0.4 is 10.2 Å². The van der Waals surface area contributed by atoms with Crippen LogP contribution in [0.1, 0.15) is 200 Å². The summed E-state index contributed by atoms with van der Waals surface area (Å²) in [5, 5.41) is 3.41. The summed E-state index contributed by atoms with van der Waals surface area (Å²) < 4.78 is 29.8. The first-order valence-corrected chi connectivity index (χ1v) is 23.2. The topological polar surface area (TPSA) is 96.9 Å². The molecule has 2 atom stereocenters. The predicted molar refractivity (Wildman–Crippen MR) is 215 cm³/mol. The molecule has 0 aromatic carbocycles. The molecule has 0 saturated heterocycles. The van der Waals surface area contributed by atoms with E-state index in [2.05, 4.69) is 12.2 Å². The van der Waals surface area contributed by atoms with E-state index in [1.165, 1.54) is 154 Å². The summed E-state index contributed by atoms with van der Waals surface area (Å²) in [5.41, 5.74) is 0. The third-order valence-electron chi connectivity index (χ3n) is 9.74. The summed E-state index contributed by atoms with van der Waals surface area (Å²) in [4.78, 5) is 23.6. The van der Waals surface area contributed by atoms with Crippen molar-refractivity contribution in [2.75, 3.05) is 60.6 Å². The fraction of sp³-hybridized carbons (Fsp3) is 0.976. The second-order valence-electron chi connectivity index (χ2n) is 16.3. The van der Waals surface area contributed by atoms with E-state index in [1.807, 2.05) is 21.1 Å². The molecular formula is C42H87N2O6P. The molecule has 0 aliphatic heterocycles. The van der Waals surface area contributed by atoms with Crippen LogP contribution in [-0.4, -0.2) is 77.0 Å². The Morgan fingerprint density at radius 2 is 1.04 bits per heavy atom. The van der Waals surface area contributed by atoms with Gasteiger partial charge in [0, 0.05) is 19.6 Å². The largest absolute Gasteiger partial charge is 0.756 e. The maximum atomic E-state index is 12.6. The highest BCUT2D eigenvalue weighted by atomic mass is 31.2. The number of phosphoric ester groups is 1. The van der Waals surface area contributed by atoms with Gasteiger partial charge in [-0.25, -0.2) is 0 Å². The van der Waals surface area contributed by atoms with E-state index in [0.29, 0.717) is 30.0 Å². The smallest absolute Gasteiger partial charge is 0.268 e. The summed E-state index contributed by atoms with van der Waals surface area (Å²) in [7, 11) is 1.60. The number of ether oxygens (including phenoxy) is 1. The third kappa shape index (κ3) is 42.3. The molecule has 0 bridgehead atoms. The minimum absolute atomic E-state index is 0.106. The van der Waals surface area contributed by atoms with Gasteiger partial charge in [0.2, 0.25) is 0 Å². The maximum Gasteiger partial charge on any atom is 0.268 e. The van der Waals surface area contributed by atoms with Gasteiger partial charge in [0.15, 0.2) is 0 Å². The van der Waals surface area contributed by atoms with Crippen molar-refractivity contribution < 1.29 is 32.5 Å². The fourth-order valence-electron chi connectivity index (χ4n) is 6.39. The summed E-state index contributed by atoms with van der Waals surface area (Å²) in [6.45, 7) is 6.81. The molecule has 0 saturated carbocycles. The molecule has 0 aliphatic carbocycles. The first kappa shape index (κ1) is 50.7. The van der Waals surface area contributed by atoms with Gasteiger partial charge in [-0.3, -0.25) is 4.57 Å². The Balaban J connectivity index is 4.02. The van der Waals surface area contributed by atoms with Gasteiger partial charge in [-0.1, -0.05) is 167 Å². The van der Waals surface area contributed by atoms with Crippen molar-refractivity contribution in [2.24, 2.45) is 0 Å². The van der Waals surface area contributed by atoms with E-state index in [4.69, 9.17) is 13.8 Å². The number of phosphoric acid groups is 1. The number of rotatable bonds is 42. The molecule has 0 aromatic rings. The molecule has 9 heteroatoms. The molecule has 0 aliphatic rings. The summed E-state index contributed by atoms with van der Waals surface area (Å²) in [6.07, 6.45) is 36.3. The number of carbonyl (C=O) groups is 1. The number of hydrogen-bond acceptors (Lipinski definition) is 7. The average Bonchev–Trinajstić information content (AvgIpc) is 3.06. The Labute approximate surface area is 317 Å². The van der Waals surface area contributed by atoms with Crippen LogP contribution in [0, 0.1) is 0 Å². The van der Waals surface area contributed by atoms with E-state index < -0.39 is 13.9 Å². The molecule has 1 N–H and O–H groups in total. The standard InChI is InChI=1S/C42H87N2O6P/c1-6-7-8-9-10-11-12-13-18-21-24-27-30-33-37-48-40-42(50-51(46,47)49-38-36-44(3,4)5)39-43-35-32-29-26-23-20-17-15-14-16-19-22-25-28-31-34-41(2)45/h42-43H,6-40H2,1-5H3. The molecule has 2 unspecified atom stereocenters. The highest BCUT2D eigenvalue weighted by molar-refractivity contribution is 7.45. The second kappa shape index (κ2) is 36.6. The minimum atomic E-state index is -4.41. The molecule has 0 fully saturated rings. The monoisotopic (exact) mass is 747 g/mol. The molecular weight excluding hydrogens is 659 g/mol. The zero-order valence-corrected chi connectivity index (χ0v) is 35.6. The van der Waals surface area contributed by atoms with Crippen molar-refractivity contribution in [3.8, 4) is 0 Å². The molecule has 51 heavy (non-hydrogen) atoms. The van der Waals surface area contributed by atoms with Crippen LogP contribution in [0.5, 0.6) is 0 Å². The number of quaternary nitrogens is 1. The number of nitrogens with zero attached hydrogens (tertiary/aromatic N) is 1. The zero-order valence-electron chi connectivity index (χ0n) is 34.7. The normalized spacial score (nSPS) is 13.8. The van der Waals surface area contributed by atoms with Gasteiger partial charge in [-0.05, 0) is 32.7 Å². The van der Waals surface area contributed by atoms with Crippen molar-refractivity contribution in [3.05, 3.63) is 0 Å². The highest BCUT2D eigenvalue weighted by Crippen LogP contribution is 2.39. The van der Waals surface area contributed by atoms with Crippen LogP contribution in [0.25, 0.3) is 0 Å². The SMILES string of the molecule is CCCCCCCCCCCCCCCCOCC(CNCCCCCCCCCCCCCCCCC(C)=O)OP(=O)([O-])OCC[N+](C)(C)C. The lowest BCUT2D eigenvalue weighted by Gasteiger charge is -2.30. The molecule has 0 rings (SSSR count). The number of nitrogens with one attached hydrogen (secondary N) is 1. The van der Waals surface area contributed by atoms with Gasteiger partial charge >= 0.3 is 0 Å². The van der Waals surface area contributed by atoms with Crippen molar-refractivity contribution in [1.82, 2.24) is 5.32 Å². The maximum absolute atomic E-state index is 12.6.